The van der Waals surface area contributed by atoms with Crippen molar-refractivity contribution in [2.75, 3.05) is 21.3 Å². The summed E-state index contributed by atoms with van der Waals surface area (Å²) in [6.07, 6.45) is 24.2. The van der Waals surface area contributed by atoms with Gasteiger partial charge in [0, 0.05) is 24.7 Å². The fourth-order valence-electron chi connectivity index (χ4n) is 7.30. The predicted molar refractivity (Wildman–Crippen MR) is 214 cm³/mol. The van der Waals surface area contributed by atoms with Gasteiger partial charge in [0.25, 0.3) is 0 Å². The van der Waals surface area contributed by atoms with Crippen molar-refractivity contribution in [3.05, 3.63) is 120 Å². The summed E-state index contributed by atoms with van der Waals surface area (Å²) in [5.74, 6) is 2.76. The Labute approximate surface area is 305 Å². The first kappa shape index (κ1) is 40.7. The SMILES string of the molecule is CCCCCCCCCCCC[B-](Cc1ccc(OC)cc1)(Cc1ccc(OC)cc1)Cc1ccc(OC)cc1.CCCC[n+]1ccccc1. The molecule has 0 radical (unpaired) electrons. The lowest BCUT2D eigenvalue weighted by molar-refractivity contribution is -0.697. The second kappa shape index (κ2) is 24.4. The van der Waals surface area contributed by atoms with Gasteiger partial charge in [-0.1, -0.05) is 144 Å². The van der Waals surface area contributed by atoms with Crippen LogP contribution in [0, 0.1) is 0 Å². The molecule has 1 aromatic heterocycles. The third-order valence-corrected chi connectivity index (χ3v) is 10.2. The van der Waals surface area contributed by atoms with E-state index in [1.165, 1.54) is 100 Å². The van der Waals surface area contributed by atoms with Crippen molar-refractivity contribution in [1.29, 1.82) is 0 Å². The number of hydrogen-bond acceptors (Lipinski definition) is 3. The third kappa shape index (κ3) is 15.9. The second-order valence-electron chi connectivity index (χ2n) is 14.3. The molecule has 272 valence electrons. The average molecular weight is 680 g/mol. The summed E-state index contributed by atoms with van der Waals surface area (Å²) in [5.41, 5.74) is 4.19. The first-order valence-electron chi connectivity index (χ1n) is 19.6. The molecule has 4 aromatic rings. The van der Waals surface area contributed by atoms with Crippen LogP contribution < -0.4 is 18.8 Å². The maximum atomic E-state index is 5.45. The molecule has 4 rings (SSSR count). The average Bonchev–Trinajstić information content (AvgIpc) is 3.16. The van der Waals surface area contributed by atoms with Crippen molar-refractivity contribution in [2.45, 2.75) is 123 Å². The van der Waals surface area contributed by atoms with Crippen molar-refractivity contribution >= 4 is 6.15 Å². The topological polar surface area (TPSA) is 31.6 Å². The van der Waals surface area contributed by atoms with Gasteiger partial charge in [0.15, 0.2) is 12.4 Å². The van der Waals surface area contributed by atoms with Crippen LogP contribution >= 0.6 is 0 Å². The first-order chi connectivity index (χ1) is 24.5. The van der Waals surface area contributed by atoms with E-state index in [2.05, 4.69) is 116 Å². The van der Waals surface area contributed by atoms with E-state index in [9.17, 15) is 0 Å². The number of pyridine rings is 1. The Morgan fingerprint density at radius 3 is 1.16 bits per heavy atom. The van der Waals surface area contributed by atoms with Crippen molar-refractivity contribution in [3.63, 3.8) is 0 Å². The second-order valence-corrected chi connectivity index (χ2v) is 14.3. The molecule has 1 heterocycles. The molecule has 3 aromatic carbocycles. The van der Waals surface area contributed by atoms with E-state index in [1.54, 1.807) is 21.3 Å². The number of benzene rings is 3. The van der Waals surface area contributed by atoms with Gasteiger partial charge in [-0.2, -0.15) is 25.3 Å². The number of nitrogens with zero attached hydrogens (tertiary/aromatic N) is 1. The molecule has 4 nitrogen and oxygen atoms in total. The van der Waals surface area contributed by atoms with E-state index in [-0.39, 0.29) is 0 Å². The number of aromatic nitrogens is 1. The first-order valence-corrected chi connectivity index (χ1v) is 19.6. The zero-order valence-corrected chi connectivity index (χ0v) is 32.1. The molecule has 0 saturated carbocycles. The molecule has 0 bridgehead atoms. The van der Waals surface area contributed by atoms with Crippen LogP contribution in [-0.4, -0.2) is 27.5 Å². The largest absolute Gasteiger partial charge is 0.497 e. The van der Waals surface area contributed by atoms with Crippen LogP contribution in [0.5, 0.6) is 17.2 Å². The zero-order valence-electron chi connectivity index (χ0n) is 32.1. The summed E-state index contributed by atoms with van der Waals surface area (Å²) >= 11 is 0. The molecular formula is C45H66BNO3. The van der Waals surface area contributed by atoms with E-state index in [1.807, 2.05) is 6.07 Å². The van der Waals surface area contributed by atoms with Crippen LogP contribution in [0.1, 0.15) is 108 Å². The standard InChI is InChI=1S/C36H52BO3.C9H14N/c1-5-6-7-8-9-10-11-12-13-14-27-37(28-31-15-21-34(38-2)22-16-31,29-32-17-23-35(39-3)24-18-32)30-33-19-25-36(40-4)26-20-33;1-2-3-7-10-8-5-4-6-9-10/h15-26H,5-14,27-30H2,1-4H3;4-6,8-9H,2-3,7H2,1H3/q-1;+1. The summed E-state index contributed by atoms with van der Waals surface area (Å²) in [6, 6.07) is 32.4. The van der Waals surface area contributed by atoms with Gasteiger partial charge in [0.1, 0.15) is 23.8 Å². The summed E-state index contributed by atoms with van der Waals surface area (Å²) in [6.45, 7) is 5.65. The quantitative estimate of drug-likeness (QED) is 0.0444. The minimum atomic E-state index is -0.756. The monoisotopic (exact) mass is 680 g/mol. The van der Waals surface area contributed by atoms with Crippen molar-refractivity contribution in [3.8, 4) is 17.2 Å². The van der Waals surface area contributed by atoms with Crippen LogP contribution in [0.4, 0.5) is 0 Å². The normalized spacial score (nSPS) is 11.1. The maximum Gasteiger partial charge on any atom is 0.168 e. The van der Waals surface area contributed by atoms with E-state index < -0.39 is 6.15 Å². The lowest BCUT2D eigenvalue weighted by Gasteiger charge is -2.41. The molecule has 0 aliphatic heterocycles. The van der Waals surface area contributed by atoms with Gasteiger partial charge in [0.2, 0.25) is 0 Å². The molecule has 0 spiro atoms. The summed E-state index contributed by atoms with van der Waals surface area (Å²) in [4.78, 5) is 0. The molecule has 0 N–H and O–H groups in total. The fourth-order valence-corrected chi connectivity index (χ4v) is 7.30. The molecule has 0 unspecified atom stereocenters. The van der Waals surface area contributed by atoms with E-state index in [4.69, 9.17) is 14.2 Å². The van der Waals surface area contributed by atoms with Gasteiger partial charge in [-0.15, -0.1) is 0 Å². The van der Waals surface area contributed by atoms with Crippen LogP contribution in [-0.2, 0) is 25.5 Å². The Kier molecular flexibility index (Phi) is 19.9. The molecule has 0 atom stereocenters. The summed E-state index contributed by atoms with van der Waals surface area (Å²) in [5, 5.41) is 0. The molecule has 0 amide bonds. The minimum absolute atomic E-state index is 0.756. The highest BCUT2D eigenvalue weighted by Gasteiger charge is 2.26. The number of ether oxygens (including phenoxy) is 3. The number of unbranched alkanes of at least 4 members (excludes halogenated alkanes) is 10. The van der Waals surface area contributed by atoms with Gasteiger partial charge in [-0.25, -0.2) is 4.57 Å². The molecule has 0 aliphatic carbocycles. The lowest BCUT2D eigenvalue weighted by atomic mass is 9.16. The highest BCUT2D eigenvalue weighted by Crippen LogP contribution is 2.31. The number of methoxy groups -OCH3 is 3. The lowest BCUT2D eigenvalue weighted by Crippen LogP contribution is -2.43. The molecule has 0 aliphatic rings. The van der Waals surface area contributed by atoms with Crippen molar-refractivity contribution in [1.82, 2.24) is 0 Å². The number of rotatable bonds is 23. The van der Waals surface area contributed by atoms with Crippen LogP contribution in [0.2, 0.25) is 6.32 Å². The Morgan fingerprint density at radius 2 is 0.800 bits per heavy atom. The third-order valence-electron chi connectivity index (χ3n) is 10.2. The Morgan fingerprint density at radius 1 is 0.440 bits per heavy atom. The maximum absolute atomic E-state index is 5.45. The van der Waals surface area contributed by atoms with Crippen LogP contribution in [0.3, 0.4) is 0 Å². The minimum Gasteiger partial charge on any atom is -0.497 e. The predicted octanol–water partition coefficient (Wildman–Crippen LogP) is 11.5. The fraction of sp³-hybridized carbons (Fsp3) is 0.489. The zero-order chi connectivity index (χ0) is 35.7. The number of hydrogen-bond donors (Lipinski definition) is 0. The van der Waals surface area contributed by atoms with Gasteiger partial charge in [0.05, 0.1) is 21.3 Å². The van der Waals surface area contributed by atoms with Gasteiger partial charge >= 0.3 is 0 Å². The Balaban J connectivity index is 0.000000578. The van der Waals surface area contributed by atoms with Crippen molar-refractivity contribution in [2.24, 2.45) is 0 Å². The highest BCUT2D eigenvalue weighted by molar-refractivity contribution is 6.78. The molecule has 0 fully saturated rings. The van der Waals surface area contributed by atoms with Gasteiger partial charge < -0.3 is 14.2 Å². The number of aryl methyl sites for hydroxylation is 1. The molecule has 50 heavy (non-hydrogen) atoms. The smallest absolute Gasteiger partial charge is 0.168 e. The van der Waals surface area contributed by atoms with Gasteiger partial charge in [-0.05, 0) is 36.4 Å². The van der Waals surface area contributed by atoms with Crippen molar-refractivity contribution < 1.29 is 18.8 Å². The summed E-state index contributed by atoms with van der Waals surface area (Å²) < 4.78 is 18.6. The van der Waals surface area contributed by atoms with E-state index in [0.717, 1.165) is 42.8 Å². The Hall–Kier alpha value is -3.73. The summed E-state index contributed by atoms with van der Waals surface area (Å²) in [7, 11) is 5.21. The molecule has 5 heteroatoms. The van der Waals surface area contributed by atoms with Crippen LogP contribution in [0.15, 0.2) is 103 Å². The van der Waals surface area contributed by atoms with E-state index >= 15 is 0 Å². The van der Waals surface area contributed by atoms with Gasteiger partial charge in [-0.3, -0.25) is 0 Å². The van der Waals surface area contributed by atoms with E-state index in [0.29, 0.717) is 0 Å². The van der Waals surface area contributed by atoms with Crippen LogP contribution in [0.25, 0.3) is 0 Å². The Bertz CT molecular complexity index is 1270. The molecule has 0 saturated heterocycles. The highest BCUT2D eigenvalue weighted by atomic mass is 16.5. The molecular weight excluding hydrogens is 613 g/mol.